The summed E-state index contributed by atoms with van der Waals surface area (Å²) in [6.07, 6.45) is 1.10. The molecule has 154 valence electrons. The van der Waals surface area contributed by atoms with Gasteiger partial charge in [0.15, 0.2) is 0 Å². The second-order valence-electron chi connectivity index (χ2n) is 7.21. The van der Waals surface area contributed by atoms with Gasteiger partial charge in [0, 0.05) is 5.69 Å². The number of carbonyl (C=O) groups excluding carboxylic acids is 1. The first-order valence-corrected chi connectivity index (χ1v) is 10.7. The van der Waals surface area contributed by atoms with Crippen LogP contribution in [0, 0.1) is 6.92 Å². The first-order chi connectivity index (χ1) is 13.8. The maximum atomic E-state index is 12.7. The summed E-state index contributed by atoms with van der Waals surface area (Å²) in [6.45, 7) is 10.1. The number of anilines is 1. The van der Waals surface area contributed by atoms with Gasteiger partial charge in [0.25, 0.3) is 5.56 Å². The third-order valence-corrected chi connectivity index (χ3v) is 6.33. The number of fused-ring (bicyclic) bond motifs is 1. The van der Waals surface area contributed by atoms with Crippen molar-refractivity contribution in [1.82, 2.24) is 9.97 Å². The fourth-order valence-corrected chi connectivity index (χ4v) is 4.30. The Morgan fingerprint density at radius 2 is 1.93 bits per heavy atom. The van der Waals surface area contributed by atoms with E-state index >= 15 is 0 Å². The molecule has 0 aliphatic rings. The Labute approximate surface area is 174 Å². The number of thiophene rings is 1. The fourth-order valence-electron chi connectivity index (χ4n) is 3.22. The molecule has 0 aliphatic carbocycles. The zero-order valence-electron chi connectivity index (χ0n) is 17.5. The number of H-pyrrole nitrogens is 1. The van der Waals surface area contributed by atoms with Crippen LogP contribution in [0.5, 0.6) is 0 Å². The van der Waals surface area contributed by atoms with Crippen LogP contribution in [-0.2, 0) is 4.74 Å². The van der Waals surface area contributed by atoms with Gasteiger partial charge in [-0.05, 0) is 56.4 Å². The van der Waals surface area contributed by atoms with Gasteiger partial charge in [-0.3, -0.25) is 4.79 Å². The topological polar surface area (TPSA) is 84.1 Å². The molecule has 0 saturated heterocycles. The van der Waals surface area contributed by atoms with Crippen molar-refractivity contribution >= 4 is 33.2 Å². The first-order valence-electron chi connectivity index (χ1n) is 9.92. The van der Waals surface area contributed by atoms with Gasteiger partial charge in [-0.2, -0.15) is 0 Å². The molecular weight excluding hydrogens is 386 g/mol. The molecular formula is C22H27N3O3S. The van der Waals surface area contributed by atoms with Gasteiger partial charge in [-0.1, -0.05) is 26.0 Å². The van der Waals surface area contributed by atoms with Crippen molar-refractivity contribution in [2.45, 2.75) is 53.0 Å². The largest absolute Gasteiger partial charge is 0.462 e. The monoisotopic (exact) mass is 413 g/mol. The van der Waals surface area contributed by atoms with Crippen molar-refractivity contribution in [2.75, 3.05) is 11.9 Å². The highest BCUT2D eigenvalue weighted by Gasteiger charge is 2.21. The van der Waals surface area contributed by atoms with E-state index in [0.29, 0.717) is 39.0 Å². The molecule has 0 aliphatic heterocycles. The summed E-state index contributed by atoms with van der Waals surface area (Å²) in [4.78, 5) is 33.2. The summed E-state index contributed by atoms with van der Waals surface area (Å²) in [5.41, 5.74) is 2.64. The van der Waals surface area contributed by atoms with E-state index in [0.717, 1.165) is 12.1 Å². The minimum atomic E-state index is -0.415. The van der Waals surface area contributed by atoms with Crippen LogP contribution in [0.3, 0.4) is 0 Å². The Bertz CT molecular complexity index is 1070. The van der Waals surface area contributed by atoms with Crippen molar-refractivity contribution in [2.24, 2.45) is 0 Å². The Hall–Kier alpha value is -2.67. The number of ether oxygens (including phenoxy) is 1. The van der Waals surface area contributed by atoms with E-state index in [2.05, 4.69) is 41.3 Å². The molecule has 1 aromatic carbocycles. The SMILES string of the molecule is CCOC(=O)c1sc2nc([C@H](C)Nc3ccc([C@H](C)CC)cc3)[nH]c(=O)c2c1C. The number of hydrogen-bond donors (Lipinski definition) is 2. The van der Waals surface area contributed by atoms with Gasteiger partial charge >= 0.3 is 5.97 Å². The van der Waals surface area contributed by atoms with Crippen LogP contribution in [0.1, 0.15) is 72.7 Å². The smallest absolute Gasteiger partial charge is 0.348 e. The Kier molecular flexibility index (Phi) is 6.37. The van der Waals surface area contributed by atoms with Gasteiger partial charge in [0.2, 0.25) is 0 Å². The second-order valence-corrected chi connectivity index (χ2v) is 8.20. The highest BCUT2D eigenvalue weighted by Crippen LogP contribution is 2.29. The van der Waals surface area contributed by atoms with Crippen molar-refractivity contribution in [1.29, 1.82) is 0 Å². The highest BCUT2D eigenvalue weighted by molar-refractivity contribution is 7.20. The average Bonchev–Trinajstić information content (AvgIpc) is 3.05. The lowest BCUT2D eigenvalue weighted by Gasteiger charge is -2.16. The Balaban J connectivity index is 1.87. The van der Waals surface area contributed by atoms with Gasteiger partial charge in [-0.15, -0.1) is 11.3 Å². The van der Waals surface area contributed by atoms with Gasteiger partial charge in [0.05, 0.1) is 18.0 Å². The minimum Gasteiger partial charge on any atom is -0.462 e. The molecule has 0 saturated carbocycles. The number of aryl methyl sites for hydroxylation is 1. The first kappa shape index (κ1) is 21.0. The van der Waals surface area contributed by atoms with Gasteiger partial charge < -0.3 is 15.0 Å². The third-order valence-electron chi connectivity index (χ3n) is 5.17. The van der Waals surface area contributed by atoms with Crippen molar-refractivity contribution in [3.63, 3.8) is 0 Å². The Morgan fingerprint density at radius 3 is 2.55 bits per heavy atom. The summed E-state index contributed by atoms with van der Waals surface area (Å²) in [5.74, 6) is 0.643. The lowest BCUT2D eigenvalue weighted by atomic mass is 9.98. The number of carbonyl (C=O) groups is 1. The number of aromatic nitrogens is 2. The molecule has 6 nitrogen and oxygen atoms in total. The van der Waals surface area contributed by atoms with Crippen molar-refractivity contribution in [3.05, 3.63) is 56.4 Å². The molecule has 0 radical (unpaired) electrons. The number of nitrogens with zero attached hydrogens (tertiary/aromatic N) is 1. The molecule has 2 atom stereocenters. The minimum absolute atomic E-state index is 0.199. The summed E-state index contributed by atoms with van der Waals surface area (Å²) in [7, 11) is 0. The van der Waals surface area contributed by atoms with Crippen molar-refractivity contribution < 1.29 is 9.53 Å². The van der Waals surface area contributed by atoms with E-state index in [4.69, 9.17) is 4.74 Å². The van der Waals surface area contributed by atoms with E-state index in [-0.39, 0.29) is 11.6 Å². The summed E-state index contributed by atoms with van der Waals surface area (Å²) < 4.78 is 5.09. The molecule has 3 rings (SSSR count). The molecule has 2 aromatic heterocycles. The molecule has 7 heteroatoms. The predicted octanol–water partition coefficient (Wildman–Crippen LogP) is 5.16. The molecule has 0 bridgehead atoms. The summed E-state index contributed by atoms with van der Waals surface area (Å²) >= 11 is 1.20. The van der Waals surface area contributed by atoms with E-state index in [9.17, 15) is 9.59 Å². The number of rotatable bonds is 7. The van der Waals surface area contributed by atoms with E-state index in [1.165, 1.54) is 16.9 Å². The average molecular weight is 414 g/mol. The molecule has 0 unspecified atom stereocenters. The van der Waals surface area contributed by atoms with Crippen LogP contribution in [-0.4, -0.2) is 22.5 Å². The predicted molar refractivity (Wildman–Crippen MR) is 118 cm³/mol. The fraction of sp³-hybridized carbons (Fsp3) is 0.409. The van der Waals surface area contributed by atoms with Crippen LogP contribution >= 0.6 is 11.3 Å². The van der Waals surface area contributed by atoms with E-state index < -0.39 is 5.97 Å². The van der Waals surface area contributed by atoms with E-state index in [1.807, 2.05) is 19.1 Å². The number of nitrogens with one attached hydrogen (secondary N) is 2. The lowest BCUT2D eigenvalue weighted by Crippen LogP contribution is -2.17. The summed E-state index contributed by atoms with van der Waals surface area (Å²) in [5, 5.41) is 3.83. The zero-order chi connectivity index (χ0) is 21.1. The number of esters is 1. The lowest BCUT2D eigenvalue weighted by molar-refractivity contribution is 0.0531. The second kappa shape index (κ2) is 8.78. The van der Waals surface area contributed by atoms with Gasteiger partial charge in [0.1, 0.15) is 15.5 Å². The number of benzene rings is 1. The molecule has 29 heavy (non-hydrogen) atoms. The zero-order valence-corrected chi connectivity index (χ0v) is 18.3. The van der Waals surface area contributed by atoms with Crippen molar-refractivity contribution in [3.8, 4) is 0 Å². The molecule has 2 heterocycles. The quantitative estimate of drug-likeness (QED) is 0.523. The molecule has 3 aromatic rings. The molecule has 2 N–H and O–H groups in total. The van der Waals surface area contributed by atoms with E-state index in [1.54, 1.807) is 13.8 Å². The normalized spacial score (nSPS) is 13.3. The van der Waals surface area contributed by atoms with Crippen LogP contribution in [0.15, 0.2) is 29.1 Å². The third kappa shape index (κ3) is 4.34. The number of aromatic amines is 1. The molecule has 0 amide bonds. The Morgan fingerprint density at radius 1 is 1.24 bits per heavy atom. The van der Waals surface area contributed by atoms with Crippen LogP contribution in [0.2, 0.25) is 0 Å². The van der Waals surface area contributed by atoms with Gasteiger partial charge in [-0.25, -0.2) is 9.78 Å². The molecule has 0 fully saturated rings. The number of hydrogen-bond acceptors (Lipinski definition) is 6. The molecule has 0 spiro atoms. The van der Waals surface area contributed by atoms with Crippen LogP contribution < -0.4 is 10.9 Å². The van der Waals surface area contributed by atoms with Crippen LogP contribution in [0.25, 0.3) is 10.2 Å². The summed E-state index contributed by atoms with van der Waals surface area (Å²) in [6, 6.07) is 8.13. The maximum Gasteiger partial charge on any atom is 0.348 e. The maximum absolute atomic E-state index is 12.7. The van der Waals surface area contributed by atoms with Crippen LogP contribution in [0.4, 0.5) is 5.69 Å². The highest BCUT2D eigenvalue weighted by atomic mass is 32.1. The standard InChI is InChI=1S/C22H27N3O3S/c1-6-12(3)15-8-10-16(11-9-15)23-14(5)19-24-20(26)17-13(4)18(22(27)28-7-2)29-21(17)25-19/h8-12,14,23H,6-7H2,1-5H3,(H,24,25,26)/t12-,14+/m1/s1.